The molecule has 3 rings (SSSR count). The van der Waals surface area contributed by atoms with Gasteiger partial charge in [-0.2, -0.15) is 0 Å². The first-order valence-corrected chi connectivity index (χ1v) is 9.99. The number of likely N-dealkylation sites (tertiary alicyclic amines) is 1. The second-order valence-electron chi connectivity index (χ2n) is 7.43. The maximum Gasteiger partial charge on any atom is 0.251 e. The van der Waals surface area contributed by atoms with E-state index in [4.69, 9.17) is 9.47 Å². The zero-order valence-corrected chi connectivity index (χ0v) is 17.0. The Morgan fingerprint density at radius 3 is 2.18 bits per heavy atom. The summed E-state index contributed by atoms with van der Waals surface area (Å²) < 4.78 is 10.9. The largest absolute Gasteiger partial charge is 0.497 e. The Morgan fingerprint density at radius 1 is 1.00 bits per heavy atom. The summed E-state index contributed by atoms with van der Waals surface area (Å²) in [5.41, 5.74) is 1.84. The predicted molar refractivity (Wildman–Crippen MR) is 111 cm³/mol. The van der Waals surface area contributed by atoms with Gasteiger partial charge in [0.05, 0.1) is 19.3 Å². The summed E-state index contributed by atoms with van der Waals surface area (Å²) in [6.07, 6.45) is 2.53. The van der Waals surface area contributed by atoms with Crippen LogP contribution in [0.25, 0.3) is 0 Å². The monoisotopic (exact) mass is 382 g/mol. The number of rotatable bonds is 8. The lowest BCUT2D eigenvalue weighted by atomic mass is 10.0. The fourth-order valence-electron chi connectivity index (χ4n) is 3.59. The molecule has 0 aliphatic carbocycles. The molecule has 1 amide bonds. The number of hydrogen-bond acceptors (Lipinski definition) is 4. The third-order valence-electron chi connectivity index (χ3n) is 5.03. The second kappa shape index (κ2) is 9.60. The van der Waals surface area contributed by atoms with Crippen LogP contribution in [-0.2, 0) is 0 Å². The Balaban J connectivity index is 1.66. The summed E-state index contributed by atoms with van der Waals surface area (Å²) in [5.74, 6) is 1.56. The van der Waals surface area contributed by atoms with Gasteiger partial charge in [0.2, 0.25) is 0 Å². The summed E-state index contributed by atoms with van der Waals surface area (Å²) in [6.45, 7) is 6.67. The minimum atomic E-state index is -0.0613. The molecule has 1 atom stereocenters. The van der Waals surface area contributed by atoms with Gasteiger partial charge in [-0.05, 0) is 81.7 Å². The quantitative estimate of drug-likeness (QED) is 0.748. The summed E-state index contributed by atoms with van der Waals surface area (Å²) >= 11 is 0. The zero-order chi connectivity index (χ0) is 19.9. The van der Waals surface area contributed by atoms with E-state index in [1.165, 1.54) is 18.4 Å². The highest BCUT2D eigenvalue weighted by Gasteiger charge is 2.24. The SMILES string of the molecule is COc1ccc(C(CNC(=O)c2ccc(OC(C)C)cc2)N2CCCC2)cc1. The van der Waals surface area contributed by atoms with E-state index in [0.29, 0.717) is 12.1 Å². The van der Waals surface area contributed by atoms with Crippen LogP contribution >= 0.6 is 0 Å². The molecule has 2 aromatic carbocycles. The van der Waals surface area contributed by atoms with E-state index in [2.05, 4.69) is 22.3 Å². The second-order valence-corrected chi connectivity index (χ2v) is 7.43. The maximum atomic E-state index is 12.6. The lowest BCUT2D eigenvalue weighted by Crippen LogP contribution is -2.36. The molecule has 150 valence electrons. The van der Waals surface area contributed by atoms with Gasteiger partial charge in [0.1, 0.15) is 11.5 Å². The highest BCUT2D eigenvalue weighted by Crippen LogP contribution is 2.26. The molecule has 0 radical (unpaired) electrons. The molecular weight excluding hydrogens is 352 g/mol. The minimum absolute atomic E-state index is 0.0613. The Hall–Kier alpha value is -2.53. The standard InChI is InChI=1S/C23H30N2O3/c1-17(2)28-21-12-8-19(9-13-21)23(26)24-16-22(25-14-4-5-15-25)18-6-10-20(27-3)11-7-18/h6-13,17,22H,4-5,14-16H2,1-3H3,(H,24,26). The summed E-state index contributed by atoms with van der Waals surface area (Å²) in [7, 11) is 1.67. The molecule has 2 aromatic rings. The number of nitrogens with zero attached hydrogens (tertiary/aromatic N) is 1. The van der Waals surface area contributed by atoms with Gasteiger partial charge in [-0.15, -0.1) is 0 Å². The van der Waals surface area contributed by atoms with Gasteiger partial charge >= 0.3 is 0 Å². The van der Waals surface area contributed by atoms with Gasteiger partial charge in [0, 0.05) is 12.1 Å². The van der Waals surface area contributed by atoms with Crippen molar-refractivity contribution >= 4 is 5.91 Å². The van der Waals surface area contributed by atoms with E-state index in [1.807, 2.05) is 50.2 Å². The van der Waals surface area contributed by atoms with Crippen LogP contribution in [0.5, 0.6) is 11.5 Å². The third kappa shape index (κ3) is 5.26. The van der Waals surface area contributed by atoms with Crippen LogP contribution in [0.3, 0.4) is 0 Å². The van der Waals surface area contributed by atoms with Gasteiger partial charge in [0.15, 0.2) is 0 Å². The van der Waals surface area contributed by atoms with E-state index in [0.717, 1.165) is 24.6 Å². The first-order chi connectivity index (χ1) is 13.6. The number of methoxy groups -OCH3 is 1. The lowest BCUT2D eigenvalue weighted by Gasteiger charge is -2.28. The van der Waals surface area contributed by atoms with Crippen molar-refractivity contribution < 1.29 is 14.3 Å². The van der Waals surface area contributed by atoms with E-state index < -0.39 is 0 Å². The normalized spacial score (nSPS) is 15.4. The Bertz CT molecular complexity index is 750. The van der Waals surface area contributed by atoms with Crippen molar-refractivity contribution in [1.29, 1.82) is 0 Å². The highest BCUT2D eigenvalue weighted by molar-refractivity contribution is 5.94. The van der Waals surface area contributed by atoms with Crippen molar-refractivity contribution in [2.24, 2.45) is 0 Å². The molecule has 1 aliphatic rings. The van der Waals surface area contributed by atoms with Gasteiger partial charge < -0.3 is 14.8 Å². The van der Waals surface area contributed by atoms with Gasteiger partial charge in [-0.25, -0.2) is 0 Å². The Kier molecular flexibility index (Phi) is 6.93. The van der Waals surface area contributed by atoms with Crippen LogP contribution < -0.4 is 14.8 Å². The Labute approximate surface area is 167 Å². The highest BCUT2D eigenvalue weighted by atomic mass is 16.5. The molecule has 1 fully saturated rings. The van der Waals surface area contributed by atoms with Crippen LogP contribution in [0.15, 0.2) is 48.5 Å². The van der Waals surface area contributed by atoms with E-state index in [1.54, 1.807) is 7.11 Å². The molecule has 1 saturated heterocycles. The molecule has 5 heteroatoms. The van der Waals surface area contributed by atoms with Crippen LogP contribution in [0.2, 0.25) is 0 Å². The topological polar surface area (TPSA) is 50.8 Å². The first-order valence-electron chi connectivity index (χ1n) is 9.99. The molecule has 0 saturated carbocycles. The average molecular weight is 383 g/mol. The van der Waals surface area contributed by atoms with Crippen LogP contribution in [-0.4, -0.2) is 43.7 Å². The third-order valence-corrected chi connectivity index (χ3v) is 5.03. The molecular formula is C23H30N2O3. The number of ether oxygens (including phenoxy) is 2. The molecule has 0 bridgehead atoms. The van der Waals surface area contributed by atoms with Crippen molar-refractivity contribution in [3.63, 3.8) is 0 Å². The molecule has 1 N–H and O–H groups in total. The fraction of sp³-hybridized carbons (Fsp3) is 0.435. The fourth-order valence-corrected chi connectivity index (χ4v) is 3.59. The summed E-state index contributed by atoms with van der Waals surface area (Å²) in [5, 5.41) is 3.11. The minimum Gasteiger partial charge on any atom is -0.497 e. The lowest BCUT2D eigenvalue weighted by molar-refractivity contribution is 0.0938. The number of carbonyl (C=O) groups excluding carboxylic acids is 1. The summed E-state index contributed by atoms with van der Waals surface area (Å²) in [6, 6.07) is 15.6. The summed E-state index contributed by atoms with van der Waals surface area (Å²) in [4.78, 5) is 15.1. The van der Waals surface area contributed by atoms with Crippen molar-refractivity contribution in [2.75, 3.05) is 26.7 Å². The van der Waals surface area contributed by atoms with E-state index in [9.17, 15) is 4.79 Å². The van der Waals surface area contributed by atoms with Crippen molar-refractivity contribution in [3.05, 3.63) is 59.7 Å². The number of hydrogen-bond donors (Lipinski definition) is 1. The van der Waals surface area contributed by atoms with Gasteiger partial charge in [-0.1, -0.05) is 12.1 Å². The molecule has 1 unspecified atom stereocenters. The predicted octanol–water partition coefficient (Wildman–Crippen LogP) is 4.05. The van der Waals surface area contributed by atoms with Gasteiger partial charge in [0.25, 0.3) is 5.91 Å². The van der Waals surface area contributed by atoms with Crippen LogP contribution in [0.4, 0.5) is 0 Å². The molecule has 1 heterocycles. The van der Waals surface area contributed by atoms with Crippen LogP contribution in [0, 0.1) is 0 Å². The van der Waals surface area contributed by atoms with Crippen molar-refractivity contribution in [3.8, 4) is 11.5 Å². The average Bonchev–Trinajstić information content (AvgIpc) is 3.23. The molecule has 0 aromatic heterocycles. The molecule has 28 heavy (non-hydrogen) atoms. The number of amides is 1. The Morgan fingerprint density at radius 2 is 1.61 bits per heavy atom. The molecule has 1 aliphatic heterocycles. The van der Waals surface area contributed by atoms with Gasteiger partial charge in [-0.3, -0.25) is 9.69 Å². The molecule has 5 nitrogen and oxygen atoms in total. The number of benzene rings is 2. The molecule has 0 spiro atoms. The number of carbonyl (C=O) groups is 1. The van der Waals surface area contributed by atoms with E-state index >= 15 is 0 Å². The maximum absolute atomic E-state index is 12.6. The van der Waals surface area contributed by atoms with E-state index in [-0.39, 0.29) is 18.1 Å². The van der Waals surface area contributed by atoms with Crippen LogP contribution in [0.1, 0.15) is 48.7 Å². The number of nitrogens with one attached hydrogen (secondary N) is 1. The van der Waals surface area contributed by atoms with Crippen molar-refractivity contribution in [2.45, 2.75) is 38.8 Å². The van der Waals surface area contributed by atoms with Crippen molar-refractivity contribution in [1.82, 2.24) is 10.2 Å². The first kappa shape index (κ1) is 20.2. The zero-order valence-electron chi connectivity index (χ0n) is 17.0. The smallest absolute Gasteiger partial charge is 0.251 e.